The van der Waals surface area contributed by atoms with Gasteiger partial charge in [-0.15, -0.1) is 0 Å². The van der Waals surface area contributed by atoms with Crippen LogP contribution in [0, 0.1) is 5.41 Å². The molecule has 1 rings (SSSR count). The predicted molar refractivity (Wildman–Crippen MR) is 73.2 cm³/mol. The number of hydrogen-bond acceptors (Lipinski definition) is 2. The minimum absolute atomic E-state index is 0.196. The number of nitrogens with two attached hydrogens (primary N) is 1. The molecule has 0 amide bonds. The van der Waals surface area contributed by atoms with Gasteiger partial charge >= 0.3 is 6.18 Å². The number of alkyl halides is 3. The molecule has 1 aromatic rings. The smallest absolute Gasteiger partial charge is 0.376 e. The van der Waals surface area contributed by atoms with Crippen LogP contribution < -0.4 is 5.73 Å². The first-order chi connectivity index (χ1) is 9.07. The topological polar surface area (TPSA) is 35.2 Å². The Kier molecular flexibility index (Phi) is 5.21. The van der Waals surface area contributed by atoms with Crippen LogP contribution in [0.15, 0.2) is 24.3 Å². The van der Waals surface area contributed by atoms with Crippen molar-refractivity contribution in [2.45, 2.75) is 46.0 Å². The maximum Gasteiger partial charge on any atom is 0.416 e. The Labute approximate surface area is 118 Å². The van der Waals surface area contributed by atoms with Crippen molar-refractivity contribution in [1.29, 1.82) is 0 Å². The summed E-state index contributed by atoms with van der Waals surface area (Å²) in [5.41, 5.74) is 5.94. The summed E-state index contributed by atoms with van der Waals surface area (Å²) >= 11 is 0. The van der Waals surface area contributed by atoms with E-state index in [4.69, 9.17) is 10.5 Å². The SMILES string of the molecule is CCOC(C(N)c1ccc(C(F)(F)F)cc1)C(C)(C)C. The molecule has 2 unspecified atom stereocenters. The molecule has 0 saturated carbocycles. The molecule has 0 fully saturated rings. The van der Waals surface area contributed by atoms with Crippen LogP contribution in [0.25, 0.3) is 0 Å². The van der Waals surface area contributed by atoms with E-state index in [-0.39, 0.29) is 11.5 Å². The quantitative estimate of drug-likeness (QED) is 0.903. The molecule has 114 valence electrons. The lowest BCUT2D eigenvalue weighted by molar-refractivity contribution is -0.137. The fourth-order valence-electron chi connectivity index (χ4n) is 2.14. The molecule has 0 saturated heterocycles. The number of hydrogen-bond donors (Lipinski definition) is 1. The van der Waals surface area contributed by atoms with Crippen molar-refractivity contribution in [1.82, 2.24) is 0 Å². The van der Waals surface area contributed by atoms with Crippen molar-refractivity contribution in [3.8, 4) is 0 Å². The largest absolute Gasteiger partial charge is 0.416 e. The molecule has 1 aromatic carbocycles. The van der Waals surface area contributed by atoms with E-state index in [0.717, 1.165) is 12.1 Å². The fourth-order valence-corrected chi connectivity index (χ4v) is 2.14. The first-order valence-corrected chi connectivity index (χ1v) is 6.61. The fraction of sp³-hybridized carbons (Fsp3) is 0.600. The number of halogens is 3. The van der Waals surface area contributed by atoms with Crippen molar-refractivity contribution in [2.24, 2.45) is 11.1 Å². The normalized spacial score (nSPS) is 16.0. The van der Waals surface area contributed by atoms with Crippen LogP contribution in [0.5, 0.6) is 0 Å². The van der Waals surface area contributed by atoms with Crippen LogP contribution >= 0.6 is 0 Å². The van der Waals surface area contributed by atoms with Gasteiger partial charge in [-0.1, -0.05) is 32.9 Å². The van der Waals surface area contributed by atoms with Gasteiger partial charge in [0.25, 0.3) is 0 Å². The second-order valence-corrected chi connectivity index (χ2v) is 5.89. The number of benzene rings is 1. The van der Waals surface area contributed by atoms with Crippen molar-refractivity contribution in [3.63, 3.8) is 0 Å². The van der Waals surface area contributed by atoms with Gasteiger partial charge in [-0.05, 0) is 30.0 Å². The molecule has 0 aliphatic heterocycles. The van der Waals surface area contributed by atoms with E-state index < -0.39 is 17.8 Å². The molecule has 2 nitrogen and oxygen atoms in total. The van der Waals surface area contributed by atoms with E-state index in [1.807, 2.05) is 27.7 Å². The van der Waals surface area contributed by atoms with Crippen LogP contribution in [0.2, 0.25) is 0 Å². The van der Waals surface area contributed by atoms with E-state index in [9.17, 15) is 13.2 Å². The lowest BCUT2D eigenvalue weighted by Crippen LogP contribution is -2.39. The highest BCUT2D eigenvalue weighted by Gasteiger charge is 2.33. The zero-order chi connectivity index (χ0) is 15.6. The predicted octanol–water partition coefficient (Wildman–Crippen LogP) is 4.16. The molecule has 0 aliphatic rings. The molecule has 0 spiro atoms. The molecule has 0 aliphatic carbocycles. The molecule has 0 bridgehead atoms. The molecule has 2 atom stereocenters. The van der Waals surface area contributed by atoms with Crippen molar-refractivity contribution in [2.75, 3.05) is 6.61 Å². The van der Waals surface area contributed by atoms with Crippen LogP contribution in [0.4, 0.5) is 13.2 Å². The third kappa shape index (κ3) is 4.21. The van der Waals surface area contributed by atoms with Gasteiger partial charge in [0, 0.05) is 6.61 Å². The summed E-state index contributed by atoms with van der Waals surface area (Å²) in [5, 5.41) is 0. The minimum Gasteiger partial charge on any atom is -0.376 e. The highest BCUT2D eigenvalue weighted by atomic mass is 19.4. The Hall–Kier alpha value is -1.07. The van der Waals surface area contributed by atoms with Gasteiger partial charge in [-0.2, -0.15) is 13.2 Å². The van der Waals surface area contributed by atoms with E-state index in [2.05, 4.69) is 0 Å². The zero-order valence-electron chi connectivity index (χ0n) is 12.3. The zero-order valence-corrected chi connectivity index (χ0v) is 12.3. The number of ether oxygens (including phenoxy) is 1. The van der Waals surface area contributed by atoms with Crippen LogP contribution in [-0.4, -0.2) is 12.7 Å². The Morgan fingerprint density at radius 3 is 1.95 bits per heavy atom. The third-order valence-electron chi connectivity index (χ3n) is 3.15. The summed E-state index contributed by atoms with van der Waals surface area (Å²) in [6.07, 6.45) is -4.59. The molecule has 0 radical (unpaired) electrons. The monoisotopic (exact) mass is 289 g/mol. The van der Waals surface area contributed by atoms with Crippen LogP contribution in [-0.2, 0) is 10.9 Å². The van der Waals surface area contributed by atoms with Crippen molar-refractivity contribution < 1.29 is 17.9 Å². The molecule has 2 N–H and O–H groups in total. The average Bonchev–Trinajstić information content (AvgIpc) is 2.33. The van der Waals surface area contributed by atoms with E-state index >= 15 is 0 Å². The summed E-state index contributed by atoms with van der Waals surface area (Å²) in [5.74, 6) is 0. The Bertz CT molecular complexity index is 420. The standard InChI is InChI=1S/C15H22F3NO/c1-5-20-13(14(2,3)4)12(19)10-6-8-11(9-7-10)15(16,17)18/h6-9,12-13H,5,19H2,1-4H3. The first-order valence-electron chi connectivity index (χ1n) is 6.61. The lowest BCUT2D eigenvalue weighted by atomic mass is 9.82. The Morgan fingerprint density at radius 1 is 1.10 bits per heavy atom. The third-order valence-corrected chi connectivity index (χ3v) is 3.15. The van der Waals surface area contributed by atoms with E-state index in [1.165, 1.54) is 12.1 Å². The second-order valence-electron chi connectivity index (χ2n) is 5.89. The number of rotatable bonds is 4. The van der Waals surface area contributed by atoms with Gasteiger partial charge in [0.05, 0.1) is 17.7 Å². The van der Waals surface area contributed by atoms with Crippen molar-refractivity contribution in [3.05, 3.63) is 35.4 Å². The maximum atomic E-state index is 12.5. The molecule has 5 heteroatoms. The van der Waals surface area contributed by atoms with Gasteiger partial charge in [-0.25, -0.2) is 0 Å². The minimum atomic E-state index is -4.33. The van der Waals surface area contributed by atoms with E-state index in [1.54, 1.807) is 0 Å². The maximum absolute atomic E-state index is 12.5. The molecule has 20 heavy (non-hydrogen) atoms. The Morgan fingerprint density at radius 2 is 1.60 bits per heavy atom. The van der Waals surface area contributed by atoms with Crippen molar-refractivity contribution >= 4 is 0 Å². The van der Waals surface area contributed by atoms with Gasteiger partial charge < -0.3 is 10.5 Å². The summed E-state index contributed by atoms with van der Waals surface area (Å²) in [6, 6.07) is 4.50. The summed E-state index contributed by atoms with van der Waals surface area (Å²) in [6.45, 7) is 8.38. The molecular weight excluding hydrogens is 267 g/mol. The van der Waals surface area contributed by atoms with Crippen LogP contribution in [0.1, 0.15) is 44.9 Å². The Balaban J connectivity index is 2.98. The van der Waals surface area contributed by atoms with E-state index in [0.29, 0.717) is 12.2 Å². The van der Waals surface area contributed by atoms with Crippen LogP contribution in [0.3, 0.4) is 0 Å². The first kappa shape index (κ1) is 17.0. The summed E-state index contributed by atoms with van der Waals surface area (Å²) in [7, 11) is 0. The van der Waals surface area contributed by atoms with Gasteiger partial charge in [0.2, 0.25) is 0 Å². The summed E-state index contributed by atoms with van der Waals surface area (Å²) < 4.78 is 43.3. The van der Waals surface area contributed by atoms with Gasteiger partial charge in [0.1, 0.15) is 0 Å². The van der Waals surface area contributed by atoms with Gasteiger partial charge in [0.15, 0.2) is 0 Å². The van der Waals surface area contributed by atoms with Gasteiger partial charge in [-0.3, -0.25) is 0 Å². The highest BCUT2D eigenvalue weighted by Crippen LogP contribution is 2.33. The summed E-state index contributed by atoms with van der Waals surface area (Å²) in [4.78, 5) is 0. The molecule has 0 aromatic heterocycles. The molecule has 0 heterocycles. The second kappa shape index (κ2) is 6.14. The highest BCUT2D eigenvalue weighted by molar-refractivity contribution is 5.27. The lowest BCUT2D eigenvalue weighted by Gasteiger charge is -2.35. The average molecular weight is 289 g/mol. The molecular formula is C15H22F3NO.